The van der Waals surface area contributed by atoms with Crippen molar-refractivity contribution < 1.29 is 14.3 Å². The standard InChI is InChI=1S/C17H15NO3/c1-2-20-17(19)15-11-13-14(18-15)9-6-10-16(13)21-12-7-4-3-5-8-12/h3-11,18H,2H2,1H3. The van der Waals surface area contributed by atoms with Gasteiger partial charge in [0.15, 0.2) is 0 Å². The van der Waals surface area contributed by atoms with Crippen molar-refractivity contribution >= 4 is 16.9 Å². The predicted molar refractivity (Wildman–Crippen MR) is 80.8 cm³/mol. The van der Waals surface area contributed by atoms with Crippen LogP contribution in [0.4, 0.5) is 0 Å². The Balaban J connectivity index is 1.98. The molecular weight excluding hydrogens is 266 g/mol. The monoisotopic (exact) mass is 281 g/mol. The molecule has 0 amide bonds. The molecule has 3 aromatic rings. The Morgan fingerprint density at radius 3 is 2.67 bits per heavy atom. The molecule has 1 N–H and O–H groups in total. The summed E-state index contributed by atoms with van der Waals surface area (Å²) in [5.74, 6) is 1.09. The Morgan fingerprint density at radius 1 is 1.10 bits per heavy atom. The van der Waals surface area contributed by atoms with Crippen LogP contribution in [0.3, 0.4) is 0 Å². The Hall–Kier alpha value is -2.75. The van der Waals surface area contributed by atoms with Gasteiger partial charge in [0.25, 0.3) is 0 Å². The Kier molecular flexibility index (Phi) is 3.60. The summed E-state index contributed by atoms with van der Waals surface area (Å²) in [6, 6.07) is 16.9. The number of esters is 1. The van der Waals surface area contributed by atoms with Crippen LogP contribution >= 0.6 is 0 Å². The molecule has 0 atom stereocenters. The molecule has 106 valence electrons. The van der Waals surface area contributed by atoms with Crippen LogP contribution in [-0.2, 0) is 4.74 Å². The lowest BCUT2D eigenvalue weighted by Crippen LogP contribution is -2.04. The predicted octanol–water partition coefficient (Wildman–Crippen LogP) is 4.14. The SMILES string of the molecule is CCOC(=O)c1cc2c(Oc3ccccc3)cccc2[nH]1. The Bertz CT molecular complexity index is 762. The van der Waals surface area contributed by atoms with Gasteiger partial charge in [-0.15, -0.1) is 0 Å². The van der Waals surface area contributed by atoms with Gasteiger partial charge in [-0.05, 0) is 37.3 Å². The van der Waals surface area contributed by atoms with Gasteiger partial charge in [0.05, 0.1) is 6.61 Å². The smallest absolute Gasteiger partial charge is 0.354 e. The zero-order chi connectivity index (χ0) is 14.7. The lowest BCUT2D eigenvalue weighted by molar-refractivity contribution is 0.0520. The minimum Gasteiger partial charge on any atom is -0.461 e. The summed E-state index contributed by atoms with van der Waals surface area (Å²) in [6.45, 7) is 2.13. The lowest BCUT2D eigenvalue weighted by Gasteiger charge is -2.06. The molecule has 0 radical (unpaired) electrons. The minimum atomic E-state index is -0.362. The van der Waals surface area contributed by atoms with Gasteiger partial charge in [-0.2, -0.15) is 0 Å². The van der Waals surface area contributed by atoms with Crippen molar-refractivity contribution in [1.82, 2.24) is 4.98 Å². The molecule has 0 aliphatic heterocycles. The van der Waals surface area contributed by atoms with Crippen LogP contribution in [-0.4, -0.2) is 17.6 Å². The molecule has 1 aromatic heterocycles. The first-order valence-corrected chi connectivity index (χ1v) is 6.79. The highest BCUT2D eigenvalue weighted by molar-refractivity contribution is 5.97. The molecule has 0 spiro atoms. The number of fused-ring (bicyclic) bond motifs is 1. The van der Waals surface area contributed by atoms with Gasteiger partial charge in [0.1, 0.15) is 17.2 Å². The summed E-state index contributed by atoms with van der Waals surface area (Å²) >= 11 is 0. The maximum atomic E-state index is 11.8. The molecular formula is C17H15NO3. The summed E-state index contributed by atoms with van der Waals surface area (Å²) in [7, 11) is 0. The highest BCUT2D eigenvalue weighted by Gasteiger charge is 2.13. The van der Waals surface area contributed by atoms with E-state index in [4.69, 9.17) is 9.47 Å². The first-order valence-electron chi connectivity index (χ1n) is 6.79. The molecule has 1 heterocycles. The van der Waals surface area contributed by atoms with Crippen molar-refractivity contribution in [2.24, 2.45) is 0 Å². The number of hydrogen-bond acceptors (Lipinski definition) is 3. The van der Waals surface area contributed by atoms with Gasteiger partial charge in [0, 0.05) is 10.9 Å². The highest BCUT2D eigenvalue weighted by Crippen LogP contribution is 2.30. The maximum Gasteiger partial charge on any atom is 0.354 e. The topological polar surface area (TPSA) is 51.3 Å². The van der Waals surface area contributed by atoms with Gasteiger partial charge in [-0.25, -0.2) is 4.79 Å². The molecule has 0 fully saturated rings. The van der Waals surface area contributed by atoms with Crippen molar-refractivity contribution in [3.63, 3.8) is 0 Å². The summed E-state index contributed by atoms with van der Waals surface area (Å²) in [6.07, 6.45) is 0. The van der Waals surface area contributed by atoms with E-state index in [0.717, 1.165) is 16.7 Å². The molecule has 0 saturated heterocycles. The van der Waals surface area contributed by atoms with Crippen LogP contribution in [0.1, 0.15) is 17.4 Å². The normalized spacial score (nSPS) is 10.5. The molecule has 0 aliphatic rings. The van der Waals surface area contributed by atoms with Crippen LogP contribution < -0.4 is 4.74 Å². The van der Waals surface area contributed by atoms with Crippen LogP contribution in [0.15, 0.2) is 54.6 Å². The van der Waals surface area contributed by atoms with Crippen LogP contribution in [0.2, 0.25) is 0 Å². The van der Waals surface area contributed by atoms with Crippen molar-refractivity contribution in [3.05, 3.63) is 60.3 Å². The summed E-state index contributed by atoms with van der Waals surface area (Å²) in [5, 5.41) is 0.851. The molecule has 0 unspecified atom stereocenters. The van der Waals surface area contributed by atoms with Gasteiger partial charge in [0.2, 0.25) is 0 Å². The number of nitrogens with one attached hydrogen (secondary N) is 1. The largest absolute Gasteiger partial charge is 0.461 e. The third kappa shape index (κ3) is 2.74. The van der Waals surface area contributed by atoms with E-state index in [1.807, 2.05) is 48.5 Å². The number of carbonyl (C=O) groups excluding carboxylic acids is 1. The van der Waals surface area contributed by atoms with Crippen molar-refractivity contribution in [2.75, 3.05) is 6.61 Å². The fraction of sp³-hybridized carbons (Fsp3) is 0.118. The average Bonchev–Trinajstić information content (AvgIpc) is 2.94. The van der Waals surface area contributed by atoms with Crippen molar-refractivity contribution in [3.8, 4) is 11.5 Å². The van der Waals surface area contributed by atoms with Gasteiger partial charge in [-0.3, -0.25) is 0 Å². The van der Waals surface area contributed by atoms with Gasteiger partial charge < -0.3 is 14.5 Å². The first kappa shape index (κ1) is 13.2. The van der Waals surface area contributed by atoms with Gasteiger partial charge >= 0.3 is 5.97 Å². The van der Waals surface area contributed by atoms with Crippen LogP contribution in [0.5, 0.6) is 11.5 Å². The van der Waals surface area contributed by atoms with E-state index in [9.17, 15) is 4.79 Å². The Labute approximate surface area is 122 Å². The number of ether oxygens (including phenoxy) is 2. The second kappa shape index (κ2) is 5.71. The van der Waals surface area contributed by atoms with Crippen LogP contribution in [0, 0.1) is 0 Å². The number of benzene rings is 2. The van der Waals surface area contributed by atoms with Crippen LogP contribution in [0.25, 0.3) is 10.9 Å². The third-order valence-corrected chi connectivity index (χ3v) is 3.09. The Morgan fingerprint density at radius 2 is 1.90 bits per heavy atom. The van der Waals surface area contributed by atoms with E-state index in [0.29, 0.717) is 18.1 Å². The van der Waals surface area contributed by atoms with E-state index in [2.05, 4.69) is 4.98 Å². The second-order valence-corrected chi connectivity index (χ2v) is 4.54. The average molecular weight is 281 g/mol. The number of aromatic nitrogens is 1. The quantitative estimate of drug-likeness (QED) is 0.731. The molecule has 4 heteroatoms. The lowest BCUT2D eigenvalue weighted by atomic mass is 10.2. The van der Waals surface area contributed by atoms with E-state index < -0.39 is 0 Å². The summed E-state index contributed by atoms with van der Waals surface area (Å²) in [4.78, 5) is 14.8. The zero-order valence-electron chi connectivity index (χ0n) is 11.6. The summed E-state index contributed by atoms with van der Waals surface area (Å²) < 4.78 is 10.9. The molecule has 4 nitrogen and oxygen atoms in total. The first-order chi connectivity index (χ1) is 10.3. The van der Waals surface area contributed by atoms with Gasteiger partial charge in [-0.1, -0.05) is 24.3 Å². The fourth-order valence-corrected chi connectivity index (χ4v) is 2.15. The third-order valence-electron chi connectivity index (χ3n) is 3.09. The highest BCUT2D eigenvalue weighted by atomic mass is 16.5. The number of aromatic amines is 1. The van der Waals surface area contributed by atoms with E-state index >= 15 is 0 Å². The van der Waals surface area contributed by atoms with E-state index in [-0.39, 0.29) is 5.97 Å². The fourth-order valence-electron chi connectivity index (χ4n) is 2.15. The number of carbonyl (C=O) groups is 1. The molecule has 0 aliphatic carbocycles. The van der Waals surface area contributed by atoms with Crippen molar-refractivity contribution in [1.29, 1.82) is 0 Å². The van der Waals surface area contributed by atoms with Crippen molar-refractivity contribution in [2.45, 2.75) is 6.92 Å². The molecule has 2 aromatic carbocycles. The number of H-pyrrole nitrogens is 1. The zero-order valence-corrected chi connectivity index (χ0v) is 11.6. The summed E-state index contributed by atoms with van der Waals surface area (Å²) in [5.41, 5.74) is 1.27. The number of para-hydroxylation sites is 1. The minimum absolute atomic E-state index is 0.349. The molecule has 3 rings (SSSR count). The molecule has 21 heavy (non-hydrogen) atoms. The van der Waals surface area contributed by atoms with E-state index in [1.165, 1.54) is 0 Å². The van der Waals surface area contributed by atoms with E-state index in [1.54, 1.807) is 13.0 Å². The number of rotatable bonds is 4. The molecule has 0 bridgehead atoms. The maximum absolute atomic E-state index is 11.8. The second-order valence-electron chi connectivity index (χ2n) is 4.54. The number of hydrogen-bond donors (Lipinski definition) is 1. The molecule has 0 saturated carbocycles.